The van der Waals surface area contributed by atoms with E-state index in [9.17, 15) is 4.79 Å². The second kappa shape index (κ2) is 5.95. The highest BCUT2D eigenvalue weighted by atomic mass is 35.5. The van der Waals surface area contributed by atoms with Crippen LogP contribution in [-0.2, 0) is 11.3 Å². The predicted molar refractivity (Wildman–Crippen MR) is 76.3 cm³/mol. The van der Waals surface area contributed by atoms with Gasteiger partial charge in [-0.05, 0) is 32.6 Å². The molecule has 0 N–H and O–H groups in total. The normalized spacial score (nSPS) is 19.8. The van der Waals surface area contributed by atoms with Gasteiger partial charge in [0, 0.05) is 19.5 Å². The zero-order valence-electron chi connectivity index (χ0n) is 11.9. The Morgan fingerprint density at radius 2 is 2.21 bits per heavy atom. The number of aryl methyl sites for hydroxylation is 2. The molecular formula is C14H22ClN3O. The van der Waals surface area contributed by atoms with E-state index in [-0.39, 0.29) is 5.91 Å². The molecule has 0 spiro atoms. The second-order valence-corrected chi connectivity index (χ2v) is 5.92. The number of halogens is 1. The van der Waals surface area contributed by atoms with Crippen LogP contribution >= 0.6 is 11.6 Å². The molecule has 1 aliphatic heterocycles. The van der Waals surface area contributed by atoms with Gasteiger partial charge in [-0.25, -0.2) is 0 Å². The van der Waals surface area contributed by atoms with Crippen LogP contribution in [0.1, 0.15) is 37.6 Å². The van der Waals surface area contributed by atoms with Crippen LogP contribution in [0, 0.1) is 19.8 Å². The van der Waals surface area contributed by atoms with Gasteiger partial charge >= 0.3 is 0 Å². The predicted octanol–water partition coefficient (Wildman–Crippen LogP) is 2.80. The topological polar surface area (TPSA) is 38.1 Å². The Bertz CT molecular complexity index is 470. The van der Waals surface area contributed by atoms with E-state index in [1.807, 2.05) is 23.4 Å². The van der Waals surface area contributed by atoms with Gasteiger partial charge in [0.25, 0.3) is 0 Å². The SMILES string of the molecule is Cc1nn(CCC(=O)N2CCCC(C)C2)c(C)c1Cl. The summed E-state index contributed by atoms with van der Waals surface area (Å²) in [5, 5.41) is 5.06. The van der Waals surface area contributed by atoms with Crippen molar-refractivity contribution in [2.24, 2.45) is 5.92 Å². The third-order valence-corrected chi connectivity index (χ3v) is 4.39. The minimum atomic E-state index is 0.232. The molecule has 1 aromatic heterocycles. The molecule has 1 saturated heterocycles. The quantitative estimate of drug-likeness (QED) is 0.855. The third kappa shape index (κ3) is 3.30. The number of aromatic nitrogens is 2. The average molecular weight is 284 g/mol. The molecule has 106 valence electrons. The van der Waals surface area contributed by atoms with E-state index in [1.54, 1.807) is 0 Å². The number of carbonyl (C=O) groups excluding carboxylic acids is 1. The lowest BCUT2D eigenvalue weighted by molar-refractivity contribution is -0.133. The molecule has 0 aliphatic carbocycles. The molecule has 1 amide bonds. The fourth-order valence-corrected chi connectivity index (χ4v) is 2.80. The molecule has 4 nitrogen and oxygen atoms in total. The molecule has 0 aromatic carbocycles. The summed E-state index contributed by atoms with van der Waals surface area (Å²) in [6.45, 7) is 8.46. The Morgan fingerprint density at radius 1 is 1.47 bits per heavy atom. The summed E-state index contributed by atoms with van der Waals surface area (Å²) in [6.07, 6.45) is 2.86. The van der Waals surface area contributed by atoms with Crippen LogP contribution in [0.2, 0.25) is 5.02 Å². The van der Waals surface area contributed by atoms with E-state index in [2.05, 4.69) is 12.0 Å². The summed E-state index contributed by atoms with van der Waals surface area (Å²) < 4.78 is 1.84. The zero-order chi connectivity index (χ0) is 14.0. The van der Waals surface area contributed by atoms with Crippen molar-refractivity contribution in [2.45, 2.75) is 46.6 Å². The molecule has 2 rings (SSSR count). The van der Waals surface area contributed by atoms with Crippen molar-refractivity contribution < 1.29 is 4.79 Å². The van der Waals surface area contributed by atoms with Crippen LogP contribution in [0.5, 0.6) is 0 Å². The maximum Gasteiger partial charge on any atom is 0.224 e. The van der Waals surface area contributed by atoms with Gasteiger partial charge in [-0.1, -0.05) is 18.5 Å². The van der Waals surface area contributed by atoms with Crippen LogP contribution < -0.4 is 0 Å². The largest absolute Gasteiger partial charge is 0.342 e. The minimum Gasteiger partial charge on any atom is -0.342 e. The van der Waals surface area contributed by atoms with Gasteiger partial charge in [0.2, 0.25) is 5.91 Å². The van der Waals surface area contributed by atoms with Gasteiger partial charge in [0.15, 0.2) is 0 Å². The van der Waals surface area contributed by atoms with Gasteiger partial charge in [0.1, 0.15) is 0 Å². The lowest BCUT2D eigenvalue weighted by atomic mass is 10.00. The van der Waals surface area contributed by atoms with Crippen molar-refractivity contribution in [3.63, 3.8) is 0 Å². The van der Waals surface area contributed by atoms with Crippen LogP contribution in [0.25, 0.3) is 0 Å². The summed E-state index contributed by atoms with van der Waals surface area (Å²) in [5.74, 6) is 0.857. The molecule has 0 bridgehead atoms. The lowest BCUT2D eigenvalue weighted by Gasteiger charge is -2.31. The molecule has 1 aliphatic rings. The molecule has 1 aromatic rings. The number of hydrogen-bond acceptors (Lipinski definition) is 2. The van der Waals surface area contributed by atoms with E-state index in [4.69, 9.17) is 11.6 Å². The summed E-state index contributed by atoms with van der Waals surface area (Å²) in [4.78, 5) is 14.2. The molecular weight excluding hydrogens is 262 g/mol. The van der Waals surface area contributed by atoms with E-state index >= 15 is 0 Å². The van der Waals surface area contributed by atoms with Crippen LogP contribution in [-0.4, -0.2) is 33.7 Å². The summed E-state index contributed by atoms with van der Waals surface area (Å²) in [6, 6.07) is 0. The summed E-state index contributed by atoms with van der Waals surface area (Å²) >= 11 is 6.10. The van der Waals surface area contributed by atoms with Crippen molar-refractivity contribution in [2.75, 3.05) is 13.1 Å². The lowest BCUT2D eigenvalue weighted by Crippen LogP contribution is -2.39. The van der Waals surface area contributed by atoms with E-state index < -0.39 is 0 Å². The number of likely N-dealkylation sites (tertiary alicyclic amines) is 1. The molecule has 5 heteroatoms. The number of rotatable bonds is 3. The third-order valence-electron chi connectivity index (χ3n) is 3.84. The summed E-state index contributed by atoms with van der Waals surface area (Å²) in [7, 11) is 0. The number of piperidine rings is 1. The van der Waals surface area contributed by atoms with E-state index in [0.29, 0.717) is 23.9 Å². The van der Waals surface area contributed by atoms with Crippen molar-refractivity contribution in [1.82, 2.24) is 14.7 Å². The Morgan fingerprint density at radius 3 is 2.79 bits per heavy atom. The fraction of sp³-hybridized carbons (Fsp3) is 0.714. The zero-order valence-corrected chi connectivity index (χ0v) is 12.7. The van der Waals surface area contributed by atoms with Gasteiger partial charge in [-0.2, -0.15) is 5.10 Å². The molecule has 1 fully saturated rings. The molecule has 19 heavy (non-hydrogen) atoms. The highest BCUT2D eigenvalue weighted by Crippen LogP contribution is 2.20. The summed E-state index contributed by atoms with van der Waals surface area (Å²) in [5.41, 5.74) is 1.78. The Kier molecular flexibility index (Phi) is 4.50. The van der Waals surface area contributed by atoms with Crippen molar-refractivity contribution >= 4 is 17.5 Å². The smallest absolute Gasteiger partial charge is 0.224 e. The van der Waals surface area contributed by atoms with Crippen molar-refractivity contribution in [1.29, 1.82) is 0 Å². The van der Waals surface area contributed by atoms with Crippen LogP contribution in [0.15, 0.2) is 0 Å². The van der Waals surface area contributed by atoms with E-state index in [0.717, 1.165) is 30.9 Å². The second-order valence-electron chi connectivity index (χ2n) is 5.55. The average Bonchev–Trinajstić information content (AvgIpc) is 2.63. The number of nitrogens with zero attached hydrogens (tertiary/aromatic N) is 3. The van der Waals surface area contributed by atoms with Crippen molar-refractivity contribution in [3.05, 3.63) is 16.4 Å². The highest BCUT2D eigenvalue weighted by Gasteiger charge is 2.21. The first-order valence-corrected chi connectivity index (χ1v) is 7.34. The monoisotopic (exact) mass is 283 g/mol. The first kappa shape index (κ1) is 14.4. The minimum absolute atomic E-state index is 0.232. The molecule has 1 atom stereocenters. The molecule has 1 unspecified atom stereocenters. The fourth-order valence-electron chi connectivity index (χ4n) is 2.67. The molecule has 0 saturated carbocycles. The Labute approximate surface area is 119 Å². The number of hydrogen-bond donors (Lipinski definition) is 0. The van der Waals surface area contributed by atoms with E-state index in [1.165, 1.54) is 6.42 Å². The van der Waals surface area contributed by atoms with Crippen LogP contribution in [0.4, 0.5) is 0 Å². The molecule has 2 heterocycles. The first-order chi connectivity index (χ1) is 8.99. The molecule has 0 radical (unpaired) electrons. The Hall–Kier alpha value is -1.03. The Balaban J connectivity index is 1.91. The van der Waals surface area contributed by atoms with Gasteiger partial charge in [-0.3, -0.25) is 9.48 Å². The van der Waals surface area contributed by atoms with Crippen LogP contribution in [0.3, 0.4) is 0 Å². The number of amides is 1. The van der Waals surface area contributed by atoms with Crippen molar-refractivity contribution in [3.8, 4) is 0 Å². The number of carbonyl (C=O) groups is 1. The van der Waals surface area contributed by atoms with Gasteiger partial charge in [0.05, 0.1) is 23.0 Å². The van der Waals surface area contributed by atoms with Gasteiger partial charge < -0.3 is 4.90 Å². The first-order valence-electron chi connectivity index (χ1n) is 6.96. The standard InChI is InChI=1S/C14H22ClN3O/c1-10-5-4-7-17(9-10)13(19)6-8-18-12(3)14(15)11(2)16-18/h10H,4-9H2,1-3H3. The van der Waals surface area contributed by atoms with Gasteiger partial charge in [-0.15, -0.1) is 0 Å². The maximum atomic E-state index is 12.2. The maximum absolute atomic E-state index is 12.2. The highest BCUT2D eigenvalue weighted by molar-refractivity contribution is 6.31.